The van der Waals surface area contributed by atoms with Gasteiger partial charge in [-0.3, -0.25) is 4.79 Å². The summed E-state index contributed by atoms with van der Waals surface area (Å²) in [6, 6.07) is 5.78. The van der Waals surface area contributed by atoms with Crippen molar-refractivity contribution in [2.75, 3.05) is 6.54 Å². The fourth-order valence-corrected chi connectivity index (χ4v) is 1.58. The Bertz CT molecular complexity index is 501. The number of hydrogen-bond donors (Lipinski definition) is 1. The van der Waals surface area contributed by atoms with Gasteiger partial charge in [0.1, 0.15) is 6.39 Å². The molecule has 0 fully saturated rings. The van der Waals surface area contributed by atoms with Crippen LogP contribution in [-0.2, 0) is 39.1 Å². The van der Waals surface area contributed by atoms with Crippen LogP contribution in [0.2, 0.25) is 0 Å². The van der Waals surface area contributed by atoms with Crippen LogP contribution in [0.25, 0.3) is 11.1 Å². The minimum absolute atomic E-state index is 0. The maximum absolute atomic E-state index is 10.5. The number of rotatable bonds is 4. The van der Waals surface area contributed by atoms with Crippen molar-refractivity contribution < 1.29 is 41.9 Å². The van der Waals surface area contributed by atoms with E-state index in [4.69, 9.17) is 12.3 Å². The molecule has 2 radical (unpaired) electrons. The molecule has 80 valence electrons. The van der Waals surface area contributed by atoms with Crippen LogP contribution >= 0.6 is 0 Å². The van der Waals surface area contributed by atoms with Gasteiger partial charge >= 0.3 is 32.7 Å². The fraction of sp³-hybridized carbons (Fsp3) is 0.273. The van der Waals surface area contributed by atoms with Gasteiger partial charge in [0.05, 0.1) is 0 Å². The maximum Gasteiger partial charge on any atom is 3.00 e. The molecule has 1 aromatic heterocycles. The molecule has 6 heteroatoms. The molecule has 1 aromatic carbocycles. The standard InChI is InChI=1S/C11H10BN2O2.Y/c12-11(15)13-6-2-4-8-3-1-5-9-10(8)16-7-14-9;/h1,3,5H,2,4,6H2,(H,13,15);/q-1;+3. The predicted octanol–water partition coefficient (Wildman–Crippen LogP) is 1.44. The molecule has 0 atom stereocenters. The van der Waals surface area contributed by atoms with E-state index >= 15 is 0 Å². The fourth-order valence-electron chi connectivity index (χ4n) is 1.58. The first-order valence-electron chi connectivity index (χ1n) is 5.05. The van der Waals surface area contributed by atoms with Gasteiger partial charge in [-0.15, -0.1) is 6.07 Å². The van der Waals surface area contributed by atoms with E-state index in [-0.39, 0.29) is 32.7 Å². The first-order chi connectivity index (χ1) is 7.77. The van der Waals surface area contributed by atoms with E-state index in [0.717, 1.165) is 29.5 Å². The Labute approximate surface area is 126 Å². The number of hydrogen-bond acceptors (Lipinski definition) is 3. The quantitative estimate of drug-likeness (QED) is 0.528. The van der Waals surface area contributed by atoms with Gasteiger partial charge in [-0.2, -0.15) is 0 Å². The van der Waals surface area contributed by atoms with Crippen molar-refractivity contribution in [2.45, 2.75) is 12.8 Å². The Balaban J connectivity index is 0.00000144. The molecule has 0 bridgehead atoms. The zero-order chi connectivity index (χ0) is 11.4. The Morgan fingerprint density at radius 1 is 1.53 bits per heavy atom. The monoisotopic (exact) mass is 302 g/mol. The molecule has 2 rings (SSSR count). The van der Waals surface area contributed by atoms with Crippen LogP contribution in [-0.4, -0.2) is 25.2 Å². The summed E-state index contributed by atoms with van der Waals surface area (Å²) in [6.45, 7) is 0.559. The van der Waals surface area contributed by atoms with E-state index in [9.17, 15) is 4.79 Å². The van der Waals surface area contributed by atoms with E-state index in [1.807, 2.05) is 18.2 Å². The van der Waals surface area contributed by atoms with Gasteiger partial charge in [0.2, 0.25) is 0 Å². The van der Waals surface area contributed by atoms with Crippen molar-refractivity contribution in [3.8, 4) is 0 Å². The van der Waals surface area contributed by atoms with Gasteiger partial charge < -0.3 is 14.7 Å². The van der Waals surface area contributed by atoms with Crippen LogP contribution < -0.4 is 5.32 Å². The van der Waals surface area contributed by atoms with E-state index in [1.165, 1.54) is 0 Å². The molecular weight excluding hydrogens is 292 g/mol. The average molecular weight is 302 g/mol. The number of fused-ring (bicyclic) bond motifs is 1. The van der Waals surface area contributed by atoms with E-state index < -0.39 is 5.81 Å². The predicted molar refractivity (Wildman–Crippen MR) is 60.3 cm³/mol. The largest absolute Gasteiger partial charge is 3.00 e. The summed E-state index contributed by atoms with van der Waals surface area (Å²) in [5, 5.41) is 2.54. The SMILES string of the molecule is [B]C(=O)NCCCc1cccc2n[c-]oc12.[Y+3]. The summed E-state index contributed by atoms with van der Waals surface area (Å²) in [6.07, 6.45) is 4.09. The summed E-state index contributed by atoms with van der Waals surface area (Å²) >= 11 is 0. The Morgan fingerprint density at radius 3 is 3.12 bits per heavy atom. The second-order valence-electron chi connectivity index (χ2n) is 3.47. The third-order valence-electron chi connectivity index (χ3n) is 2.31. The Hall–Kier alpha value is -0.671. The van der Waals surface area contributed by atoms with Gasteiger partial charge in [0, 0.05) is 6.54 Å². The number of aromatic nitrogens is 1. The molecule has 0 spiro atoms. The molecule has 2 aromatic rings. The normalized spacial score (nSPS) is 9.88. The van der Waals surface area contributed by atoms with Crippen LogP contribution in [0.1, 0.15) is 12.0 Å². The van der Waals surface area contributed by atoms with E-state index in [2.05, 4.69) is 16.7 Å². The molecule has 0 unspecified atom stereocenters. The topological polar surface area (TPSA) is 55.1 Å². The van der Waals surface area contributed by atoms with Crippen molar-refractivity contribution >= 4 is 24.8 Å². The summed E-state index contributed by atoms with van der Waals surface area (Å²) < 4.78 is 5.18. The number of carbonyl (C=O) groups is 1. The molecule has 1 amide bonds. The molecule has 0 saturated carbocycles. The van der Waals surface area contributed by atoms with Gasteiger partial charge in [0.25, 0.3) is 0 Å². The van der Waals surface area contributed by atoms with Crippen LogP contribution in [0.4, 0.5) is 4.79 Å². The number of nitrogens with one attached hydrogen (secondary N) is 1. The number of amides is 1. The first-order valence-corrected chi connectivity index (χ1v) is 5.05. The maximum atomic E-state index is 10.5. The van der Waals surface area contributed by atoms with Crippen molar-refractivity contribution in [3.63, 3.8) is 0 Å². The Kier molecular flexibility index (Phi) is 5.86. The molecule has 1 N–H and O–H groups in total. The van der Waals surface area contributed by atoms with Crippen LogP contribution in [0, 0.1) is 6.39 Å². The van der Waals surface area contributed by atoms with Crippen molar-refractivity contribution in [1.29, 1.82) is 0 Å². The molecule has 0 aliphatic carbocycles. The zero-order valence-corrected chi connectivity index (χ0v) is 12.1. The molecular formula is C11H10BN2O2Y+2. The molecule has 0 aliphatic heterocycles. The number of benzene rings is 1. The molecule has 0 aliphatic rings. The van der Waals surface area contributed by atoms with Crippen molar-refractivity contribution in [1.82, 2.24) is 10.3 Å². The molecule has 0 saturated heterocycles. The third-order valence-corrected chi connectivity index (χ3v) is 2.31. The minimum atomic E-state index is -0.494. The smallest absolute Gasteiger partial charge is 0.573 e. The van der Waals surface area contributed by atoms with Gasteiger partial charge in [-0.1, -0.05) is 17.7 Å². The summed E-state index contributed by atoms with van der Waals surface area (Å²) in [5.41, 5.74) is 2.64. The van der Waals surface area contributed by atoms with Crippen LogP contribution in [0.15, 0.2) is 22.6 Å². The van der Waals surface area contributed by atoms with E-state index in [0.29, 0.717) is 6.54 Å². The molecule has 4 nitrogen and oxygen atoms in total. The molecule has 1 heterocycles. The first kappa shape index (κ1) is 14.4. The summed E-state index contributed by atoms with van der Waals surface area (Å²) in [4.78, 5) is 14.4. The van der Waals surface area contributed by atoms with Crippen LogP contribution in [0.3, 0.4) is 0 Å². The molecule has 17 heavy (non-hydrogen) atoms. The van der Waals surface area contributed by atoms with E-state index in [1.54, 1.807) is 0 Å². The van der Waals surface area contributed by atoms with Crippen molar-refractivity contribution in [3.05, 3.63) is 30.2 Å². The second kappa shape index (κ2) is 6.92. The summed E-state index contributed by atoms with van der Waals surface area (Å²) in [7, 11) is 4.96. The second-order valence-corrected chi connectivity index (χ2v) is 3.47. The number of aryl methyl sites for hydroxylation is 1. The summed E-state index contributed by atoms with van der Waals surface area (Å²) in [5.74, 6) is -0.494. The average Bonchev–Trinajstić information content (AvgIpc) is 2.72. The zero-order valence-electron chi connectivity index (χ0n) is 9.27. The third kappa shape index (κ3) is 3.93. The van der Waals surface area contributed by atoms with Crippen LogP contribution in [0.5, 0.6) is 0 Å². The number of oxazole rings is 1. The number of carbonyl (C=O) groups excluding carboxylic acids is 1. The minimum Gasteiger partial charge on any atom is -0.573 e. The van der Waals surface area contributed by atoms with Gasteiger partial charge in [0.15, 0.2) is 13.7 Å². The van der Waals surface area contributed by atoms with Crippen molar-refractivity contribution in [2.24, 2.45) is 0 Å². The number of para-hydroxylation sites is 1. The van der Waals surface area contributed by atoms with Gasteiger partial charge in [-0.05, 0) is 23.9 Å². The number of nitrogens with zero attached hydrogens (tertiary/aromatic N) is 1. The Morgan fingerprint density at radius 2 is 2.35 bits per heavy atom. The van der Waals surface area contributed by atoms with Gasteiger partial charge in [-0.25, -0.2) is 0 Å².